The van der Waals surface area contributed by atoms with Crippen LogP contribution in [-0.4, -0.2) is 20.0 Å². The van der Waals surface area contributed by atoms with Crippen LogP contribution in [-0.2, 0) is 0 Å². The minimum absolute atomic E-state index is 0.0199. The first kappa shape index (κ1) is 11.5. The van der Waals surface area contributed by atoms with Gasteiger partial charge in [-0.2, -0.15) is 0 Å². The van der Waals surface area contributed by atoms with E-state index in [1.165, 1.54) is 6.92 Å². The minimum atomic E-state index is -0.0199. The van der Waals surface area contributed by atoms with Gasteiger partial charge in [0.15, 0.2) is 17.3 Å². The number of carbonyl (C=O) groups is 1. The van der Waals surface area contributed by atoms with Gasteiger partial charge in [-0.3, -0.25) is 4.79 Å². The lowest BCUT2D eigenvalue weighted by Gasteiger charge is -2.06. The molecule has 0 amide bonds. The highest BCUT2D eigenvalue weighted by molar-refractivity contribution is 6.07. The first-order valence-corrected chi connectivity index (χ1v) is 5.24. The average Bonchev–Trinajstić information content (AvgIpc) is 2.61. The number of ketones is 1. The van der Waals surface area contributed by atoms with Crippen LogP contribution in [0.1, 0.15) is 23.0 Å². The number of ether oxygens (including phenoxy) is 2. The lowest BCUT2D eigenvalue weighted by atomic mass is 10.1. The Morgan fingerprint density at radius 1 is 1.18 bits per heavy atom. The molecule has 0 saturated heterocycles. The second kappa shape index (κ2) is 4.13. The first-order chi connectivity index (χ1) is 8.08. The third-order valence-corrected chi connectivity index (χ3v) is 2.72. The predicted molar refractivity (Wildman–Crippen MR) is 64.1 cm³/mol. The molecule has 4 nitrogen and oxygen atoms in total. The Balaban J connectivity index is 2.79. The lowest BCUT2D eigenvalue weighted by molar-refractivity contribution is 0.101. The fourth-order valence-corrected chi connectivity index (χ4v) is 1.98. The van der Waals surface area contributed by atoms with E-state index >= 15 is 0 Å². The van der Waals surface area contributed by atoms with Crippen molar-refractivity contribution in [2.45, 2.75) is 13.8 Å². The number of carbonyl (C=O) groups excluding carboxylic acids is 1. The third-order valence-electron chi connectivity index (χ3n) is 2.72. The van der Waals surface area contributed by atoms with Crippen LogP contribution in [0.4, 0.5) is 0 Å². The highest BCUT2D eigenvalue weighted by atomic mass is 16.5. The summed E-state index contributed by atoms with van der Waals surface area (Å²) in [5.74, 6) is 1.77. The van der Waals surface area contributed by atoms with E-state index in [-0.39, 0.29) is 5.78 Å². The molecule has 0 aliphatic carbocycles. The molecule has 0 aliphatic heterocycles. The Morgan fingerprint density at radius 2 is 1.76 bits per heavy atom. The zero-order chi connectivity index (χ0) is 12.6. The van der Waals surface area contributed by atoms with Gasteiger partial charge in [-0.15, -0.1) is 0 Å². The molecule has 90 valence electrons. The molecule has 0 N–H and O–H groups in total. The molecule has 0 fully saturated rings. The number of aryl methyl sites for hydroxylation is 1. The molecule has 0 spiro atoms. The molecular weight excluding hydrogens is 220 g/mol. The number of hydrogen-bond donors (Lipinski definition) is 0. The Kier molecular flexibility index (Phi) is 2.79. The van der Waals surface area contributed by atoms with Gasteiger partial charge in [-0.25, -0.2) is 0 Å². The monoisotopic (exact) mass is 234 g/mol. The molecule has 1 aromatic carbocycles. The van der Waals surface area contributed by atoms with Crippen LogP contribution in [0.5, 0.6) is 11.5 Å². The van der Waals surface area contributed by atoms with Crippen LogP contribution in [0.3, 0.4) is 0 Å². The molecule has 0 radical (unpaired) electrons. The Bertz CT molecular complexity index is 581. The molecule has 0 bridgehead atoms. The highest BCUT2D eigenvalue weighted by Gasteiger charge is 2.17. The summed E-state index contributed by atoms with van der Waals surface area (Å²) in [6, 6.07) is 3.50. The molecule has 1 aromatic heterocycles. The Morgan fingerprint density at radius 3 is 2.29 bits per heavy atom. The van der Waals surface area contributed by atoms with Crippen molar-refractivity contribution >= 4 is 16.8 Å². The molecule has 0 atom stereocenters. The van der Waals surface area contributed by atoms with E-state index in [1.54, 1.807) is 33.3 Å². The van der Waals surface area contributed by atoms with Crippen molar-refractivity contribution in [3.05, 3.63) is 23.5 Å². The fraction of sp³-hybridized carbons (Fsp3) is 0.308. The van der Waals surface area contributed by atoms with Gasteiger partial charge in [-0.05, 0) is 19.9 Å². The van der Waals surface area contributed by atoms with Crippen LogP contribution in [0.2, 0.25) is 0 Å². The standard InChI is InChI=1S/C13H14O4/c1-7(14)13-8(2)17-10-6-12(16-4)11(15-3)5-9(10)13/h5-6H,1-4H3. The van der Waals surface area contributed by atoms with E-state index < -0.39 is 0 Å². The largest absolute Gasteiger partial charge is 0.493 e. The number of rotatable bonds is 3. The van der Waals surface area contributed by atoms with Crippen LogP contribution < -0.4 is 9.47 Å². The average molecular weight is 234 g/mol. The third kappa shape index (κ3) is 1.75. The van der Waals surface area contributed by atoms with Crippen LogP contribution in [0.15, 0.2) is 16.5 Å². The van der Waals surface area contributed by atoms with E-state index in [0.29, 0.717) is 28.4 Å². The van der Waals surface area contributed by atoms with E-state index in [1.807, 2.05) is 0 Å². The highest BCUT2D eigenvalue weighted by Crippen LogP contribution is 2.36. The van der Waals surface area contributed by atoms with Crippen molar-refractivity contribution < 1.29 is 18.7 Å². The SMILES string of the molecule is COc1cc2oc(C)c(C(C)=O)c2cc1OC. The van der Waals surface area contributed by atoms with Gasteiger partial charge in [0, 0.05) is 11.5 Å². The molecule has 0 saturated carbocycles. The van der Waals surface area contributed by atoms with Gasteiger partial charge in [0.05, 0.1) is 19.8 Å². The molecular formula is C13H14O4. The van der Waals surface area contributed by atoms with E-state index in [4.69, 9.17) is 13.9 Å². The van der Waals surface area contributed by atoms with Gasteiger partial charge >= 0.3 is 0 Å². The molecule has 17 heavy (non-hydrogen) atoms. The van der Waals surface area contributed by atoms with Crippen LogP contribution >= 0.6 is 0 Å². The molecule has 2 rings (SSSR count). The summed E-state index contributed by atoms with van der Waals surface area (Å²) in [7, 11) is 3.12. The van der Waals surface area contributed by atoms with E-state index in [0.717, 1.165) is 5.39 Å². The van der Waals surface area contributed by atoms with Gasteiger partial charge < -0.3 is 13.9 Å². The molecule has 2 aromatic rings. The van der Waals surface area contributed by atoms with Gasteiger partial charge in [-0.1, -0.05) is 0 Å². The predicted octanol–water partition coefficient (Wildman–Crippen LogP) is 2.96. The summed E-state index contributed by atoms with van der Waals surface area (Å²) >= 11 is 0. The zero-order valence-electron chi connectivity index (χ0n) is 10.3. The van der Waals surface area contributed by atoms with Crippen LogP contribution in [0.25, 0.3) is 11.0 Å². The maximum absolute atomic E-state index is 11.6. The van der Waals surface area contributed by atoms with Crippen LogP contribution in [0, 0.1) is 6.92 Å². The number of benzene rings is 1. The van der Waals surface area contributed by atoms with Crippen molar-refractivity contribution in [1.29, 1.82) is 0 Å². The zero-order valence-corrected chi connectivity index (χ0v) is 10.3. The van der Waals surface area contributed by atoms with E-state index in [9.17, 15) is 4.79 Å². The second-order valence-corrected chi connectivity index (χ2v) is 3.79. The summed E-state index contributed by atoms with van der Waals surface area (Å²) in [6.45, 7) is 3.30. The van der Waals surface area contributed by atoms with Crippen molar-refractivity contribution in [2.24, 2.45) is 0 Å². The smallest absolute Gasteiger partial charge is 0.164 e. The summed E-state index contributed by atoms with van der Waals surface area (Å²) in [4.78, 5) is 11.6. The summed E-state index contributed by atoms with van der Waals surface area (Å²) in [5, 5.41) is 0.757. The maximum atomic E-state index is 11.6. The van der Waals surface area contributed by atoms with Crippen molar-refractivity contribution in [3.8, 4) is 11.5 Å². The summed E-state index contributed by atoms with van der Waals surface area (Å²) < 4.78 is 15.9. The van der Waals surface area contributed by atoms with Crippen molar-refractivity contribution in [1.82, 2.24) is 0 Å². The number of methoxy groups -OCH3 is 2. The summed E-state index contributed by atoms with van der Waals surface area (Å²) in [6.07, 6.45) is 0. The number of fused-ring (bicyclic) bond motifs is 1. The van der Waals surface area contributed by atoms with Crippen molar-refractivity contribution in [2.75, 3.05) is 14.2 Å². The second-order valence-electron chi connectivity index (χ2n) is 3.79. The number of Topliss-reactive ketones (excluding diaryl/α,β-unsaturated/α-hetero) is 1. The Labute approximate surface area is 99.1 Å². The van der Waals surface area contributed by atoms with Gasteiger partial charge in [0.1, 0.15) is 11.3 Å². The fourth-order valence-electron chi connectivity index (χ4n) is 1.98. The minimum Gasteiger partial charge on any atom is -0.493 e. The quantitative estimate of drug-likeness (QED) is 0.766. The van der Waals surface area contributed by atoms with Crippen molar-refractivity contribution in [3.63, 3.8) is 0 Å². The summed E-state index contributed by atoms with van der Waals surface area (Å²) in [5.41, 5.74) is 1.23. The van der Waals surface area contributed by atoms with Gasteiger partial charge in [0.25, 0.3) is 0 Å². The number of hydrogen-bond acceptors (Lipinski definition) is 4. The maximum Gasteiger partial charge on any atom is 0.164 e. The normalized spacial score (nSPS) is 10.6. The molecule has 4 heteroatoms. The Hall–Kier alpha value is -1.97. The topological polar surface area (TPSA) is 48.7 Å². The first-order valence-electron chi connectivity index (χ1n) is 5.24. The van der Waals surface area contributed by atoms with E-state index in [2.05, 4.69) is 0 Å². The number of furan rings is 1. The van der Waals surface area contributed by atoms with Gasteiger partial charge in [0.2, 0.25) is 0 Å². The molecule has 0 unspecified atom stereocenters. The molecule has 0 aliphatic rings. The lowest BCUT2D eigenvalue weighted by Crippen LogP contribution is -1.94. The molecule has 1 heterocycles.